The molecule has 5 nitrogen and oxygen atoms in total. The molecule has 1 aromatic heterocycles. The second kappa shape index (κ2) is 8.70. The maximum Gasteiger partial charge on any atom is 0.494 e. The third-order valence-corrected chi connectivity index (χ3v) is 5.87. The Bertz CT molecular complexity index is 743. The fraction of sp³-hybridized carbons (Fsp3) is 0.591. The SMILES string of the molecule is Cc1ccc(B2OC(C)(C)C(C)(C)O2)cc1OCCCCCCn1ccnc1. The average molecular weight is 384 g/mol. The molecule has 0 radical (unpaired) electrons. The zero-order valence-electron chi connectivity index (χ0n) is 17.9. The lowest BCUT2D eigenvalue weighted by atomic mass is 9.78. The van der Waals surface area contributed by atoms with Gasteiger partial charge >= 0.3 is 7.12 Å². The van der Waals surface area contributed by atoms with Crippen LogP contribution in [0.3, 0.4) is 0 Å². The first-order valence-electron chi connectivity index (χ1n) is 10.3. The first-order valence-corrected chi connectivity index (χ1v) is 10.3. The predicted molar refractivity (Wildman–Crippen MR) is 113 cm³/mol. The highest BCUT2D eigenvalue weighted by atomic mass is 16.7. The molecule has 1 aliphatic rings. The summed E-state index contributed by atoms with van der Waals surface area (Å²) in [5, 5.41) is 0. The molecule has 1 saturated heterocycles. The summed E-state index contributed by atoms with van der Waals surface area (Å²) in [6.07, 6.45) is 10.3. The minimum absolute atomic E-state index is 0.333. The highest BCUT2D eigenvalue weighted by molar-refractivity contribution is 6.62. The largest absolute Gasteiger partial charge is 0.494 e. The molecular weight excluding hydrogens is 351 g/mol. The van der Waals surface area contributed by atoms with E-state index in [1.54, 1.807) is 0 Å². The fourth-order valence-electron chi connectivity index (χ4n) is 3.25. The number of aryl methyl sites for hydroxylation is 2. The van der Waals surface area contributed by atoms with Crippen molar-refractivity contribution < 1.29 is 14.0 Å². The molecule has 0 bridgehead atoms. The van der Waals surface area contributed by atoms with E-state index in [0.29, 0.717) is 0 Å². The van der Waals surface area contributed by atoms with Crippen LogP contribution < -0.4 is 10.2 Å². The van der Waals surface area contributed by atoms with Gasteiger partial charge in [-0.15, -0.1) is 0 Å². The lowest BCUT2D eigenvalue weighted by Crippen LogP contribution is -2.41. The highest BCUT2D eigenvalue weighted by Crippen LogP contribution is 2.36. The zero-order chi connectivity index (χ0) is 20.2. The average Bonchev–Trinajstić information content (AvgIpc) is 3.21. The van der Waals surface area contributed by atoms with E-state index in [0.717, 1.165) is 36.3 Å². The van der Waals surface area contributed by atoms with Gasteiger partial charge in [0.25, 0.3) is 0 Å². The van der Waals surface area contributed by atoms with Crippen molar-refractivity contribution in [2.45, 2.75) is 78.0 Å². The van der Waals surface area contributed by atoms with Crippen molar-refractivity contribution in [3.05, 3.63) is 42.5 Å². The van der Waals surface area contributed by atoms with Crippen LogP contribution in [0.25, 0.3) is 0 Å². The Morgan fingerprint density at radius 2 is 1.75 bits per heavy atom. The van der Waals surface area contributed by atoms with Crippen LogP contribution in [0.4, 0.5) is 0 Å². The monoisotopic (exact) mass is 384 g/mol. The minimum Gasteiger partial charge on any atom is -0.493 e. The summed E-state index contributed by atoms with van der Waals surface area (Å²) in [7, 11) is -0.351. The summed E-state index contributed by atoms with van der Waals surface area (Å²) in [6.45, 7) is 12.1. The number of ether oxygens (including phenoxy) is 1. The van der Waals surface area contributed by atoms with E-state index in [9.17, 15) is 0 Å². The van der Waals surface area contributed by atoms with E-state index >= 15 is 0 Å². The molecule has 1 fully saturated rings. The molecule has 0 saturated carbocycles. The van der Waals surface area contributed by atoms with Gasteiger partial charge in [-0.05, 0) is 64.6 Å². The molecule has 2 aromatic rings. The summed E-state index contributed by atoms with van der Waals surface area (Å²) in [6, 6.07) is 6.22. The first-order chi connectivity index (χ1) is 13.3. The number of hydrogen-bond acceptors (Lipinski definition) is 4. The van der Waals surface area contributed by atoms with Gasteiger partial charge in [-0.3, -0.25) is 0 Å². The molecule has 28 heavy (non-hydrogen) atoms. The Hall–Kier alpha value is -1.79. The number of benzene rings is 1. The third kappa shape index (κ3) is 4.98. The van der Waals surface area contributed by atoms with Crippen molar-refractivity contribution in [3.8, 4) is 5.75 Å². The first kappa shape index (κ1) is 20.9. The van der Waals surface area contributed by atoms with Gasteiger partial charge in [0.05, 0.1) is 24.1 Å². The summed E-state index contributed by atoms with van der Waals surface area (Å²) in [5.74, 6) is 0.922. The van der Waals surface area contributed by atoms with Crippen molar-refractivity contribution in [2.75, 3.05) is 6.61 Å². The number of rotatable bonds is 9. The van der Waals surface area contributed by atoms with Crippen molar-refractivity contribution in [1.29, 1.82) is 0 Å². The number of unbranched alkanes of at least 4 members (excludes halogenated alkanes) is 3. The Labute approximate surface area is 169 Å². The number of hydrogen-bond donors (Lipinski definition) is 0. The van der Waals surface area contributed by atoms with Gasteiger partial charge in [0.1, 0.15) is 5.75 Å². The molecule has 152 valence electrons. The van der Waals surface area contributed by atoms with Crippen LogP contribution in [0, 0.1) is 6.92 Å². The molecule has 0 N–H and O–H groups in total. The Morgan fingerprint density at radius 1 is 1.04 bits per heavy atom. The van der Waals surface area contributed by atoms with E-state index in [1.165, 1.54) is 19.3 Å². The van der Waals surface area contributed by atoms with Crippen molar-refractivity contribution >= 4 is 12.6 Å². The maximum absolute atomic E-state index is 6.16. The summed E-state index contributed by atoms with van der Waals surface area (Å²) < 4.78 is 20.5. The quantitative estimate of drug-likeness (QED) is 0.482. The van der Waals surface area contributed by atoms with Crippen LogP contribution in [-0.4, -0.2) is 34.5 Å². The lowest BCUT2D eigenvalue weighted by molar-refractivity contribution is 0.00578. The molecule has 3 rings (SSSR count). The molecule has 0 spiro atoms. The van der Waals surface area contributed by atoms with E-state index in [2.05, 4.69) is 62.4 Å². The van der Waals surface area contributed by atoms with Gasteiger partial charge in [-0.25, -0.2) is 4.98 Å². The minimum atomic E-state index is -0.351. The van der Waals surface area contributed by atoms with Crippen LogP contribution in [0.2, 0.25) is 0 Å². The van der Waals surface area contributed by atoms with Crippen LogP contribution in [0.1, 0.15) is 58.9 Å². The van der Waals surface area contributed by atoms with Crippen LogP contribution >= 0.6 is 0 Å². The number of aromatic nitrogens is 2. The molecular formula is C22H33BN2O3. The van der Waals surface area contributed by atoms with E-state index in [-0.39, 0.29) is 18.3 Å². The molecule has 6 heteroatoms. The topological polar surface area (TPSA) is 45.5 Å². The third-order valence-electron chi connectivity index (χ3n) is 5.87. The molecule has 2 heterocycles. The predicted octanol–water partition coefficient (Wildman–Crippen LogP) is 4.13. The number of imidazole rings is 1. The van der Waals surface area contributed by atoms with Gasteiger partial charge in [-0.1, -0.05) is 25.0 Å². The van der Waals surface area contributed by atoms with Crippen molar-refractivity contribution in [3.63, 3.8) is 0 Å². The highest BCUT2D eigenvalue weighted by Gasteiger charge is 2.51. The zero-order valence-corrected chi connectivity index (χ0v) is 17.9. The van der Waals surface area contributed by atoms with E-state index in [1.807, 2.05) is 18.7 Å². The Morgan fingerprint density at radius 3 is 2.43 bits per heavy atom. The van der Waals surface area contributed by atoms with E-state index in [4.69, 9.17) is 14.0 Å². The van der Waals surface area contributed by atoms with Gasteiger partial charge in [-0.2, -0.15) is 0 Å². The Kier molecular flexibility index (Phi) is 6.51. The molecule has 1 aliphatic heterocycles. The second-order valence-corrected chi connectivity index (χ2v) is 8.68. The molecule has 0 aliphatic carbocycles. The van der Waals surface area contributed by atoms with Gasteiger partial charge in [0.2, 0.25) is 0 Å². The smallest absolute Gasteiger partial charge is 0.493 e. The van der Waals surface area contributed by atoms with Gasteiger partial charge < -0.3 is 18.6 Å². The normalized spacial score (nSPS) is 17.8. The fourth-order valence-corrected chi connectivity index (χ4v) is 3.25. The summed E-state index contributed by atoms with van der Waals surface area (Å²) >= 11 is 0. The second-order valence-electron chi connectivity index (χ2n) is 8.68. The van der Waals surface area contributed by atoms with Crippen molar-refractivity contribution in [1.82, 2.24) is 9.55 Å². The van der Waals surface area contributed by atoms with Crippen molar-refractivity contribution in [2.24, 2.45) is 0 Å². The Balaban J connectivity index is 1.45. The molecule has 1 aromatic carbocycles. The summed E-state index contributed by atoms with van der Waals surface area (Å²) in [5.41, 5.74) is 1.49. The van der Waals surface area contributed by atoms with Gasteiger partial charge in [0.15, 0.2) is 0 Å². The van der Waals surface area contributed by atoms with E-state index < -0.39 is 0 Å². The molecule has 0 amide bonds. The van der Waals surface area contributed by atoms with Crippen LogP contribution in [0.5, 0.6) is 5.75 Å². The van der Waals surface area contributed by atoms with Gasteiger partial charge in [0, 0.05) is 18.9 Å². The molecule has 0 atom stereocenters. The van der Waals surface area contributed by atoms with Crippen LogP contribution in [0.15, 0.2) is 36.9 Å². The van der Waals surface area contributed by atoms with Crippen LogP contribution in [-0.2, 0) is 15.9 Å². The lowest BCUT2D eigenvalue weighted by Gasteiger charge is -2.32. The number of nitrogens with zero attached hydrogens (tertiary/aromatic N) is 2. The summed E-state index contributed by atoms with van der Waals surface area (Å²) in [4.78, 5) is 4.07. The standard InChI is InChI=1S/C22H33BN2O3/c1-18-10-11-19(23-27-21(2,3)22(4,5)28-23)16-20(18)26-15-9-7-6-8-13-25-14-12-24-17-25/h10-12,14,16-17H,6-9,13,15H2,1-5H3. The maximum atomic E-state index is 6.16. The molecule has 0 unspecified atom stereocenters.